The van der Waals surface area contributed by atoms with Crippen molar-refractivity contribution < 1.29 is 9.66 Å². The number of rotatable bonds is 4. The lowest BCUT2D eigenvalue weighted by Crippen LogP contribution is -1.97. The molecule has 0 aliphatic carbocycles. The van der Waals surface area contributed by atoms with Gasteiger partial charge in [-0.2, -0.15) is 0 Å². The summed E-state index contributed by atoms with van der Waals surface area (Å²) >= 11 is 3.37. The number of hydrogen-bond acceptors (Lipinski definition) is 4. The summed E-state index contributed by atoms with van der Waals surface area (Å²) in [6.45, 7) is 3.84. The third kappa shape index (κ3) is 2.96. The quantitative estimate of drug-likeness (QED) is 0.612. The van der Waals surface area contributed by atoms with E-state index >= 15 is 0 Å². The van der Waals surface area contributed by atoms with Gasteiger partial charge in [0, 0.05) is 12.3 Å². The lowest BCUT2D eigenvalue weighted by Gasteiger charge is -2.09. The minimum Gasteiger partial charge on any atom is -0.431 e. The van der Waals surface area contributed by atoms with E-state index in [1.807, 2.05) is 26.0 Å². The summed E-state index contributed by atoms with van der Waals surface area (Å²) in [6, 6.07) is 6.77. The standard InChI is InChI=1S/C14H13BrN2O3/c1-3-10-4-5-12(11(8-10)17(18)19)20-14-13(15)9(2)6-7-16-14/h4-8H,3H2,1-2H3. The third-order valence-electron chi connectivity index (χ3n) is 2.89. The van der Waals surface area contributed by atoms with Gasteiger partial charge in [0.25, 0.3) is 0 Å². The average Bonchev–Trinajstić information content (AvgIpc) is 2.44. The van der Waals surface area contributed by atoms with Crippen LogP contribution in [0.15, 0.2) is 34.9 Å². The van der Waals surface area contributed by atoms with Crippen LogP contribution >= 0.6 is 15.9 Å². The van der Waals surface area contributed by atoms with Gasteiger partial charge < -0.3 is 4.74 Å². The Morgan fingerprint density at radius 1 is 1.40 bits per heavy atom. The third-order valence-corrected chi connectivity index (χ3v) is 3.85. The normalized spacial score (nSPS) is 10.3. The molecule has 2 aromatic rings. The number of pyridine rings is 1. The van der Waals surface area contributed by atoms with Gasteiger partial charge in [-0.05, 0) is 52.5 Å². The monoisotopic (exact) mass is 336 g/mol. The molecule has 0 bridgehead atoms. The van der Waals surface area contributed by atoms with Gasteiger partial charge in [0.1, 0.15) is 0 Å². The first-order valence-electron chi connectivity index (χ1n) is 6.09. The van der Waals surface area contributed by atoms with Crippen LogP contribution in [0, 0.1) is 17.0 Å². The smallest absolute Gasteiger partial charge is 0.311 e. The number of aromatic nitrogens is 1. The summed E-state index contributed by atoms with van der Waals surface area (Å²) in [6.07, 6.45) is 2.33. The molecule has 0 spiro atoms. The molecule has 0 aliphatic heterocycles. The number of nitro groups is 1. The first-order chi connectivity index (χ1) is 9.52. The summed E-state index contributed by atoms with van der Waals surface area (Å²) in [5.74, 6) is 0.503. The Labute approximate surface area is 124 Å². The Bertz CT molecular complexity index is 659. The SMILES string of the molecule is CCc1ccc(Oc2nccc(C)c2Br)c([N+](=O)[O-])c1. The Kier molecular flexibility index (Phi) is 4.34. The fraction of sp³-hybridized carbons (Fsp3) is 0.214. The van der Waals surface area contributed by atoms with E-state index in [1.165, 1.54) is 6.07 Å². The molecule has 0 N–H and O–H groups in total. The van der Waals surface area contributed by atoms with Gasteiger partial charge in [-0.25, -0.2) is 4.98 Å². The second-order valence-electron chi connectivity index (χ2n) is 4.26. The summed E-state index contributed by atoms with van der Waals surface area (Å²) < 4.78 is 6.27. The zero-order valence-corrected chi connectivity index (χ0v) is 12.7. The molecule has 0 aliphatic rings. The molecule has 0 saturated heterocycles. The maximum Gasteiger partial charge on any atom is 0.311 e. The van der Waals surface area contributed by atoms with E-state index in [-0.39, 0.29) is 11.4 Å². The van der Waals surface area contributed by atoms with E-state index in [1.54, 1.807) is 12.3 Å². The maximum atomic E-state index is 11.1. The number of nitro benzene ring substituents is 1. The van der Waals surface area contributed by atoms with Crippen molar-refractivity contribution in [1.29, 1.82) is 0 Å². The van der Waals surface area contributed by atoms with Gasteiger partial charge in [-0.3, -0.25) is 10.1 Å². The molecule has 1 aromatic carbocycles. The molecule has 0 amide bonds. The fourth-order valence-electron chi connectivity index (χ4n) is 1.70. The van der Waals surface area contributed by atoms with Crippen molar-refractivity contribution in [3.8, 4) is 11.6 Å². The molecule has 0 radical (unpaired) electrons. The first-order valence-corrected chi connectivity index (χ1v) is 6.88. The average molecular weight is 337 g/mol. The molecule has 1 heterocycles. The minimum absolute atomic E-state index is 0.0560. The number of benzene rings is 1. The summed E-state index contributed by atoms with van der Waals surface area (Å²) in [5.41, 5.74) is 1.78. The fourth-order valence-corrected chi connectivity index (χ4v) is 2.02. The molecule has 0 atom stereocenters. The zero-order chi connectivity index (χ0) is 14.7. The lowest BCUT2D eigenvalue weighted by molar-refractivity contribution is -0.385. The second-order valence-corrected chi connectivity index (χ2v) is 5.05. The molecule has 5 nitrogen and oxygen atoms in total. The Morgan fingerprint density at radius 3 is 2.80 bits per heavy atom. The number of nitrogens with zero attached hydrogens (tertiary/aromatic N) is 2. The van der Waals surface area contributed by atoms with E-state index < -0.39 is 4.92 Å². The van der Waals surface area contributed by atoms with Crippen molar-refractivity contribution in [2.24, 2.45) is 0 Å². The Balaban J connectivity index is 2.43. The number of aryl methyl sites for hydroxylation is 2. The molecule has 20 heavy (non-hydrogen) atoms. The van der Waals surface area contributed by atoms with Crippen molar-refractivity contribution in [3.05, 3.63) is 56.2 Å². The van der Waals surface area contributed by atoms with E-state index in [4.69, 9.17) is 4.74 Å². The molecular weight excluding hydrogens is 324 g/mol. The van der Waals surface area contributed by atoms with Crippen LogP contribution in [0.1, 0.15) is 18.1 Å². The zero-order valence-electron chi connectivity index (χ0n) is 11.1. The number of ether oxygens (including phenoxy) is 1. The Hall–Kier alpha value is -1.95. The second kappa shape index (κ2) is 6.00. The Morgan fingerprint density at radius 2 is 2.15 bits per heavy atom. The molecule has 0 saturated carbocycles. The van der Waals surface area contributed by atoms with Crippen LogP contribution in [0.3, 0.4) is 0 Å². The van der Waals surface area contributed by atoms with Crippen LogP contribution in [0.25, 0.3) is 0 Å². The van der Waals surface area contributed by atoms with Crippen LogP contribution < -0.4 is 4.74 Å². The van der Waals surface area contributed by atoms with Crippen molar-refractivity contribution in [1.82, 2.24) is 4.98 Å². The van der Waals surface area contributed by atoms with Crippen LogP contribution in [0.2, 0.25) is 0 Å². The van der Waals surface area contributed by atoms with Crippen molar-refractivity contribution >= 4 is 21.6 Å². The van der Waals surface area contributed by atoms with E-state index in [0.29, 0.717) is 10.4 Å². The van der Waals surface area contributed by atoms with Gasteiger partial charge in [0.2, 0.25) is 11.6 Å². The predicted octanol–water partition coefficient (Wildman–Crippen LogP) is 4.42. The highest BCUT2D eigenvalue weighted by Gasteiger charge is 2.18. The summed E-state index contributed by atoms with van der Waals surface area (Å²) in [4.78, 5) is 14.8. The van der Waals surface area contributed by atoms with Crippen LogP contribution in [-0.4, -0.2) is 9.91 Å². The lowest BCUT2D eigenvalue weighted by atomic mass is 10.1. The van der Waals surface area contributed by atoms with Gasteiger partial charge >= 0.3 is 5.69 Å². The van der Waals surface area contributed by atoms with Crippen molar-refractivity contribution in [3.63, 3.8) is 0 Å². The molecule has 0 fully saturated rings. The van der Waals surface area contributed by atoms with Gasteiger partial charge in [0.05, 0.1) is 9.40 Å². The van der Waals surface area contributed by atoms with Gasteiger partial charge in [-0.15, -0.1) is 0 Å². The maximum absolute atomic E-state index is 11.1. The minimum atomic E-state index is -0.446. The van der Waals surface area contributed by atoms with Crippen LogP contribution in [0.4, 0.5) is 5.69 Å². The summed E-state index contributed by atoms with van der Waals surface area (Å²) in [7, 11) is 0. The largest absolute Gasteiger partial charge is 0.431 e. The highest BCUT2D eigenvalue weighted by molar-refractivity contribution is 9.10. The number of halogens is 1. The predicted molar refractivity (Wildman–Crippen MR) is 79.2 cm³/mol. The molecular formula is C14H13BrN2O3. The van der Waals surface area contributed by atoms with Gasteiger partial charge in [0.15, 0.2) is 0 Å². The highest BCUT2D eigenvalue weighted by Crippen LogP contribution is 2.35. The van der Waals surface area contributed by atoms with Gasteiger partial charge in [-0.1, -0.05) is 13.0 Å². The number of hydrogen-bond donors (Lipinski definition) is 0. The summed E-state index contributed by atoms with van der Waals surface area (Å²) in [5, 5.41) is 11.1. The van der Waals surface area contributed by atoms with Crippen LogP contribution in [0.5, 0.6) is 11.6 Å². The van der Waals surface area contributed by atoms with Crippen molar-refractivity contribution in [2.75, 3.05) is 0 Å². The van der Waals surface area contributed by atoms with Crippen LogP contribution in [-0.2, 0) is 6.42 Å². The van der Waals surface area contributed by atoms with E-state index in [9.17, 15) is 10.1 Å². The molecule has 6 heteroatoms. The highest BCUT2D eigenvalue weighted by atomic mass is 79.9. The van der Waals surface area contributed by atoms with E-state index in [0.717, 1.165) is 17.5 Å². The molecule has 1 aromatic heterocycles. The molecule has 104 valence electrons. The first kappa shape index (κ1) is 14.5. The topological polar surface area (TPSA) is 65.3 Å². The molecule has 2 rings (SSSR count). The molecule has 0 unspecified atom stereocenters. The van der Waals surface area contributed by atoms with E-state index in [2.05, 4.69) is 20.9 Å². The van der Waals surface area contributed by atoms with Crippen molar-refractivity contribution in [2.45, 2.75) is 20.3 Å².